The molecule has 0 aromatic heterocycles. The molecule has 27 heavy (non-hydrogen) atoms. The van der Waals surface area contributed by atoms with Crippen LogP contribution in [-0.2, 0) is 11.3 Å². The van der Waals surface area contributed by atoms with Gasteiger partial charge in [-0.1, -0.05) is 42.5 Å². The van der Waals surface area contributed by atoms with Gasteiger partial charge in [-0.05, 0) is 55.6 Å². The summed E-state index contributed by atoms with van der Waals surface area (Å²) in [6.45, 7) is 3.20. The Hall–Kier alpha value is -2.17. The highest BCUT2D eigenvalue weighted by atomic mass is 16.5. The molecule has 0 amide bonds. The second kappa shape index (κ2) is 8.24. The Labute approximate surface area is 161 Å². The van der Waals surface area contributed by atoms with Crippen molar-refractivity contribution < 1.29 is 9.53 Å². The Morgan fingerprint density at radius 3 is 2.44 bits per heavy atom. The van der Waals surface area contributed by atoms with E-state index in [0.29, 0.717) is 23.6 Å². The first-order valence-electron chi connectivity index (χ1n) is 9.93. The number of carbonyl (C=O) groups is 1. The van der Waals surface area contributed by atoms with E-state index in [1.165, 1.54) is 37.5 Å². The molecule has 1 heterocycles. The SMILES string of the molecule is COC(=O)c1ccc(CN2CCC(N[C@@H]3CC3c3ccccc3)CC2)cc1. The summed E-state index contributed by atoms with van der Waals surface area (Å²) in [5, 5.41) is 3.87. The molecule has 1 unspecified atom stereocenters. The molecule has 4 rings (SSSR count). The first-order chi connectivity index (χ1) is 13.2. The fraction of sp³-hybridized carbons (Fsp3) is 0.435. The van der Waals surface area contributed by atoms with Crippen LogP contribution in [-0.4, -0.2) is 43.2 Å². The number of piperidine rings is 1. The number of methoxy groups -OCH3 is 1. The van der Waals surface area contributed by atoms with Crippen molar-refractivity contribution in [3.63, 3.8) is 0 Å². The Balaban J connectivity index is 1.21. The van der Waals surface area contributed by atoms with E-state index in [9.17, 15) is 4.79 Å². The van der Waals surface area contributed by atoms with Gasteiger partial charge >= 0.3 is 5.97 Å². The summed E-state index contributed by atoms with van der Waals surface area (Å²) >= 11 is 0. The van der Waals surface area contributed by atoms with Gasteiger partial charge in [0.2, 0.25) is 0 Å². The second-order valence-electron chi connectivity index (χ2n) is 7.76. The minimum atomic E-state index is -0.276. The average Bonchev–Trinajstić information content (AvgIpc) is 3.49. The van der Waals surface area contributed by atoms with Crippen LogP contribution < -0.4 is 5.32 Å². The lowest BCUT2D eigenvalue weighted by Crippen LogP contribution is -2.43. The van der Waals surface area contributed by atoms with E-state index in [1.807, 2.05) is 24.3 Å². The highest BCUT2D eigenvalue weighted by molar-refractivity contribution is 5.89. The van der Waals surface area contributed by atoms with E-state index < -0.39 is 0 Å². The summed E-state index contributed by atoms with van der Waals surface area (Å²) in [7, 11) is 1.41. The van der Waals surface area contributed by atoms with Gasteiger partial charge in [0.1, 0.15) is 0 Å². The number of likely N-dealkylation sites (tertiary alicyclic amines) is 1. The van der Waals surface area contributed by atoms with Gasteiger partial charge in [-0.3, -0.25) is 4.90 Å². The molecule has 2 aromatic rings. The van der Waals surface area contributed by atoms with Gasteiger partial charge < -0.3 is 10.1 Å². The summed E-state index contributed by atoms with van der Waals surface area (Å²) in [6.07, 6.45) is 3.69. The summed E-state index contributed by atoms with van der Waals surface area (Å²) in [6, 6.07) is 19.9. The van der Waals surface area contributed by atoms with Gasteiger partial charge in [0, 0.05) is 24.5 Å². The van der Waals surface area contributed by atoms with E-state index in [2.05, 4.69) is 40.5 Å². The number of carbonyl (C=O) groups excluding carboxylic acids is 1. The van der Waals surface area contributed by atoms with Crippen LogP contribution in [0.3, 0.4) is 0 Å². The predicted molar refractivity (Wildman–Crippen MR) is 107 cm³/mol. The van der Waals surface area contributed by atoms with Crippen molar-refractivity contribution in [1.29, 1.82) is 0 Å². The summed E-state index contributed by atoms with van der Waals surface area (Å²) in [5.41, 5.74) is 3.34. The summed E-state index contributed by atoms with van der Waals surface area (Å²) in [5.74, 6) is 0.430. The molecule has 2 aromatic carbocycles. The van der Waals surface area contributed by atoms with Crippen LogP contribution in [0.5, 0.6) is 0 Å². The van der Waals surface area contributed by atoms with Crippen molar-refractivity contribution in [3.8, 4) is 0 Å². The van der Waals surface area contributed by atoms with Gasteiger partial charge in [0.05, 0.1) is 12.7 Å². The molecule has 1 N–H and O–H groups in total. The first kappa shape index (κ1) is 18.2. The van der Waals surface area contributed by atoms with Crippen molar-refractivity contribution in [2.24, 2.45) is 0 Å². The Morgan fingerprint density at radius 1 is 1.07 bits per heavy atom. The van der Waals surface area contributed by atoms with Crippen molar-refractivity contribution in [3.05, 3.63) is 71.3 Å². The average molecular weight is 364 g/mol. The molecule has 4 nitrogen and oxygen atoms in total. The van der Waals surface area contributed by atoms with Crippen LogP contribution >= 0.6 is 0 Å². The van der Waals surface area contributed by atoms with Crippen molar-refractivity contribution >= 4 is 5.97 Å². The Kier molecular flexibility index (Phi) is 5.55. The van der Waals surface area contributed by atoms with E-state index in [0.717, 1.165) is 19.6 Å². The number of esters is 1. The number of benzene rings is 2. The zero-order valence-electron chi connectivity index (χ0n) is 15.9. The highest BCUT2D eigenvalue weighted by Crippen LogP contribution is 2.41. The zero-order valence-corrected chi connectivity index (χ0v) is 15.9. The molecular weight excluding hydrogens is 336 g/mol. The number of ether oxygens (including phenoxy) is 1. The quantitative estimate of drug-likeness (QED) is 0.796. The number of hydrogen-bond donors (Lipinski definition) is 1. The monoisotopic (exact) mass is 364 g/mol. The van der Waals surface area contributed by atoms with Crippen LogP contribution in [0.25, 0.3) is 0 Å². The topological polar surface area (TPSA) is 41.6 Å². The molecule has 0 bridgehead atoms. The molecule has 2 aliphatic rings. The third-order valence-electron chi connectivity index (χ3n) is 5.84. The van der Waals surface area contributed by atoms with Gasteiger partial charge in [0.15, 0.2) is 0 Å². The first-order valence-corrected chi connectivity index (χ1v) is 9.93. The normalized spacial score (nSPS) is 23.1. The standard InChI is InChI=1S/C23H28N2O2/c1-27-23(26)19-9-7-17(8-10-19)16-25-13-11-20(12-14-25)24-22-15-21(22)18-5-3-2-4-6-18/h2-10,20-22,24H,11-16H2,1H3/t21?,22-/m1/s1. The van der Waals surface area contributed by atoms with E-state index in [4.69, 9.17) is 4.74 Å². The van der Waals surface area contributed by atoms with Crippen LogP contribution in [0.15, 0.2) is 54.6 Å². The second-order valence-corrected chi connectivity index (χ2v) is 7.76. The van der Waals surface area contributed by atoms with Gasteiger partial charge in [-0.25, -0.2) is 4.79 Å². The maximum atomic E-state index is 11.5. The van der Waals surface area contributed by atoms with E-state index >= 15 is 0 Å². The van der Waals surface area contributed by atoms with Crippen LogP contribution in [0.2, 0.25) is 0 Å². The van der Waals surface area contributed by atoms with Gasteiger partial charge in [0.25, 0.3) is 0 Å². The lowest BCUT2D eigenvalue weighted by atomic mass is 10.0. The minimum Gasteiger partial charge on any atom is -0.465 e. The fourth-order valence-electron chi connectivity index (χ4n) is 4.13. The molecule has 0 spiro atoms. The summed E-state index contributed by atoms with van der Waals surface area (Å²) in [4.78, 5) is 14.0. The minimum absolute atomic E-state index is 0.276. The molecule has 1 saturated heterocycles. The van der Waals surface area contributed by atoms with E-state index in [1.54, 1.807) is 0 Å². The Bertz CT molecular complexity index is 752. The van der Waals surface area contributed by atoms with Gasteiger partial charge in [-0.2, -0.15) is 0 Å². The molecule has 2 fully saturated rings. The molecule has 1 aliphatic heterocycles. The van der Waals surface area contributed by atoms with Crippen molar-refractivity contribution in [2.45, 2.75) is 43.8 Å². The largest absolute Gasteiger partial charge is 0.465 e. The fourth-order valence-corrected chi connectivity index (χ4v) is 4.13. The van der Waals surface area contributed by atoms with Crippen LogP contribution in [0, 0.1) is 0 Å². The number of hydrogen-bond acceptors (Lipinski definition) is 4. The smallest absolute Gasteiger partial charge is 0.337 e. The van der Waals surface area contributed by atoms with Gasteiger partial charge in [-0.15, -0.1) is 0 Å². The van der Waals surface area contributed by atoms with E-state index in [-0.39, 0.29) is 5.97 Å². The predicted octanol–water partition coefficient (Wildman–Crippen LogP) is 3.58. The molecule has 0 radical (unpaired) electrons. The number of nitrogens with zero attached hydrogens (tertiary/aromatic N) is 1. The lowest BCUT2D eigenvalue weighted by Gasteiger charge is -2.32. The van der Waals surface area contributed by atoms with Crippen molar-refractivity contribution in [2.75, 3.05) is 20.2 Å². The highest BCUT2D eigenvalue weighted by Gasteiger charge is 2.39. The zero-order chi connectivity index (χ0) is 18.6. The van der Waals surface area contributed by atoms with Crippen LogP contribution in [0.1, 0.15) is 46.7 Å². The molecule has 2 atom stereocenters. The van der Waals surface area contributed by atoms with Crippen LogP contribution in [0.4, 0.5) is 0 Å². The maximum Gasteiger partial charge on any atom is 0.337 e. The molecule has 1 aliphatic carbocycles. The maximum absolute atomic E-state index is 11.5. The third-order valence-corrected chi connectivity index (χ3v) is 5.84. The number of rotatable bonds is 6. The van der Waals surface area contributed by atoms with Crippen molar-refractivity contribution in [1.82, 2.24) is 10.2 Å². The summed E-state index contributed by atoms with van der Waals surface area (Å²) < 4.78 is 4.75. The molecule has 4 heteroatoms. The Morgan fingerprint density at radius 2 is 1.78 bits per heavy atom. The lowest BCUT2D eigenvalue weighted by molar-refractivity contribution is 0.0600. The molecule has 142 valence electrons. The number of nitrogens with one attached hydrogen (secondary N) is 1. The third kappa shape index (κ3) is 4.57. The molecule has 1 saturated carbocycles. The molecular formula is C23H28N2O2.